The Balaban J connectivity index is 1.41. The Hall–Kier alpha value is -1.84. The van der Waals surface area contributed by atoms with E-state index in [1.807, 2.05) is 22.9 Å². The smallest absolute Gasteiger partial charge is 0.260 e. The molecule has 1 aromatic carbocycles. The number of thioether (sulfide) groups is 1. The lowest BCUT2D eigenvalue weighted by molar-refractivity contribution is -0.113. The Morgan fingerprint density at radius 3 is 2.86 bits per heavy atom. The molecule has 29 heavy (non-hydrogen) atoms. The van der Waals surface area contributed by atoms with Crippen LogP contribution in [-0.4, -0.2) is 21.6 Å². The molecule has 0 saturated carbocycles. The zero-order chi connectivity index (χ0) is 20.4. The second-order valence-corrected chi connectivity index (χ2v) is 9.62. The van der Waals surface area contributed by atoms with Crippen LogP contribution in [0.25, 0.3) is 20.7 Å². The fraction of sp³-hybridized carbons (Fsp3) is 0.105. The summed E-state index contributed by atoms with van der Waals surface area (Å²) in [6, 6.07) is 8.83. The summed E-state index contributed by atoms with van der Waals surface area (Å²) in [6.45, 7) is 0. The third-order valence-corrected chi connectivity index (χ3v) is 7.22. The first-order valence-corrected chi connectivity index (χ1v) is 12.0. The van der Waals surface area contributed by atoms with Gasteiger partial charge in [-0.15, -0.1) is 34.4 Å². The molecule has 5 nitrogen and oxygen atoms in total. The molecule has 148 valence electrons. The van der Waals surface area contributed by atoms with Crippen molar-refractivity contribution in [3.05, 3.63) is 67.3 Å². The minimum atomic E-state index is -0.196. The summed E-state index contributed by atoms with van der Waals surface area (Å²) in [5.41, 5.74) is 1.26. The Morgan fingerprint density at radius 2 is 2.10 bits per heavy atom. The van der Waals surface area contributed by atoms with Crippen molar-refractivity contribution in [1.29, 1.82) is 0 Å². The molecule has 1 amide bonds. The molecule has 0 aliphatic rings. The summed E-state index contributed by atoms with van der Waals surface area (Å²) in [7, 11) is 0. The monoisotopic (exact) mass is 481 g/mol. The van der Waals surface area contributed by atoms with Gasteiger partial charge in [0.25, 0.3) is 5.56 Å². The molecule has 0 atom stereocenters. The molecule has 3 aromatic heterocycles. The number of nitrogens with zero attached hydrogens (tertiary/aromatic N) is 1. The maximum Gasteiger partial charge on any atom is 0.260 e. The van der Waals surface area contributed by atoms with Crippen LogP contribution in [0.15, 0.2) is 45.9 Å². The molecular formula is C19H13Cl2N3O2S3. The van der Waals surface area contributed by atoms with Crippen LogP contribution < -0.4 is 10.9 Å². The summed E-state index contributed by atoms with van der Waals surface area (Å²) in [5, 5.41) is 8.18. The van der Waals surface area contributed by atoms with Gasteiger partial charge in [-0.05, 0) is 29.6 Å². The van der Waals surface area contributed by atoms with Gasteiger partial charge in [0.1, 0.15) is 10.7 Å². The van der Waals surface area contributed by atoms with E-state index in [9.17, 15) is 9.59 Å². The number of fused-ring (bicyclic) bond motifs is 1. The molecule has 3 heterocycles. The van der Waals surface area contributed by atoms with Crippen molar-refractivity contribution >= 4 is 79.4 Å². The molecule has 2 N–H and O–H groups in total. The lowest BCUT2D eigenvalue weighted by Crippen LogP contribution is -2.15. The normalized spacial score (nSPS) is 11.1. The van der Waals surface area contributed by atoms with Crippen molar-refractivity contribution in [3.8, 4) is 10.4 Å². The van der Waals surface area contributed by atoms with E-state index in [0.29, 0.717) is 37.5 Å². The van der Waals surface area contributed by atoms with Gasteiger partial charge < -0.3 is 10.3 Å². The lowest BCUT2D eigenvalue weighted by Gasteiger charge is -2.07. The Morgan fingerprint density at radius 1 is 1.24 bits per heavy atom. The van der Waals surface area contributed by atoms with Crippen molar-refractivity contribution < 1.29 is 4.79 Å². The second kappa shape index (κ2) is 8.89. The third-order valence-electron chi connectivity index (χ3n) is 3.96. The predicted molar refractivity (Wildman–Crippen MR) is 125 cm³/mol. The molecular weight excluding hydrogens is 469 g/mol. The van der Waals surface area contributed by atoms with Crippen LogP contribution in [0.2, 0.25) is 10.0 Å². The average molecular weight is 482 g/mol. The molecule has 4 rings (SSSR count). The number of nitrogens with one attached hydrogen (secondary N) is 2. The van der Waals surface area contributed by atoms with Gasteiger partial charge in [0, 0.05) is 20.8 Å². The van der Waals surface area contributed by atoms with E-state index in [0.717, 1.165) is 10.4 Å². The topological polar surface area (TPSA) is 74.8 Å². The molecule has 0 fully saturated rings. The number of carbonyl (C=O) groups excluding carboxylic acids is 1. The zero-order valence-electron chi connectivity index (χ0n) is 14.7. The maximum atomic E-state index is 12.6. The predicted octanol–water partition coefficient (Wildman–Crippen LogP) is 5.89. The molecule has 0 aliphatic carbocycles. The quantitative estimate of drug-likeness (QED) is 0.359. The van der Waals surface area contributed by atoms with Crippen molar-refractivity contribution in [2.24, 2.45) is 0 Å². The number of hydrogen-bond donors (Lipinski definition) is 2. The molecule has 4 aromatic rings. The van der Waals surface area contributed by atoms with E-state index in [4.69, 9.17) is 23.2 Å². The van der Waals surface area contributed by atoms with Crippen LogP contribution in [0.1, 0.15) is 5.82 Å². The van der Waals surface area contributed by atoms with Crippen molar-refractivity contribution in [2.45, 2.75) is 5.75 Å². The van der Waals surface area contributed by atoms with Gasteiger partial charge in [-0.25, -0.2) is 4.98 Å². The Kier molecular flexibility index (Phi) is 6.26. The zero-order valence-corrected chi connectivity index (χ0v) is 18.7. The summed E-state index contributed by atoms with van der Waals surface area (Å²) < 4.78 is 0. The number of rotatable bonds is 6. The van der Waals surface area contributed by atoms with Crippen molar-refractivity contribution in [3.63, 3.8) is 0 Å². The van der Waals surface area contributed by atoms with Crippen molar-refractivity contribution in [2.75, 3.05) is 11.1 Å². The molecule has 0 radical (unpaired) electrons. The van der Waals surface area contributed by atoms with E-state index >= 15 is 0 Å². The van der Waals surface area contributed by atoms with Gasteiger partial charge in [0.15, 0.2) is 0 Å². The van der Waals surface area contributed by atoms with Gasteiger partial charge in [0.05, 0.1) is 27.6 Å². The van der Waals surface area contributed by atoms with Crippen molar-refractivity contribution in [1.82, 2.24) is 9.97 Å². The van der Waals surface area contributed by atoms with Gasteiger partial charge in [0.2, 0.25) is 5.91 Å². The van der Waals surface area contributed by atoms with Crippen LogP contribution in [0.4, 0.5) is 5.69 Å². The van der Waals surface area contributed by atoms with E-state index in [-0.39, 0.29) is 17.2 Å². The van der Waals surface area contributed by atoms with Crippen LogP contribution in [0.3, 0.4) is 0 Å². The van der Waals surface area contributed by atoms with E-state index in [2.05, 4.69) is 15.3 Å². The van der Waals surface area contributed by atoms with Crippen LogP contribution in [-0.2, 0) is 10.5 Å². The molecule has 0 spiro atoms. The molecule has 0 bridgehead atoms. The number of amides is 1. The lowest BCUT2D eigenvalue weighted by atomic mass is 10.2. The Labute approximate surface area is 188 Å². The first kappa shape index (κ1) is 20.4. The number of hydrogen-bond acceptors (Lipinski definition) is 6. The van der Waals surface area contributed by atoms with Crippen LogP contribution in [0, 0.1) is 0 Å². The number of carbonyl (C=O) groups is 1. The minimum absolute atomic E-state index is 0.160. The molecule has 0 saturated heterocycles. The van der Waals surface area contributed by atoms with Gasteiger partial charge in [-0.2, -0.15) is 0 Å². The first-order chi connectivity index (χ1) is 14.0. The standard InChI is InChI=1S/C19H13Cl2N3O2S3/c20-10-3-4-13(12(21)6-10)22-16(25)9-27-8-15-23-18(26)17-11(7-29-19(17)24-15)14-2-1-5-28-14/h1-7H,8-9H2,(H,22,25)(H,23,24,26). The fourth-order valence-electron chi connectivity index (χ4n) is 2.69. The number of anilines is 1. The highest BCUT2D eigenvalue weighted by Crippen LogP contribution is 2.33. The first-order valence-electron chi connectivity index (χ1n) is 8.38. The van der Waals surface area contributed by atoms with E-state index < -0.39 is 0 Å². The SMILES string of the molecule is O=C(CSCc1nc2scc(-c3cccs3)c2c(=O)[nH]1)Nc1ccc(Cl)cc1Cl. The summed E-state index contributed by atoms with van der Waals surface area (Å²) in [6.07, 6.45) is 0. The van der Waals surface area contributed by atoms with E-state index in [1.165, 1.54) is 23.1 Å². The van der Waals surface area contributed by atoms with Gasteiger partial charge in [-0.1, -0.05) is 29.3 Å². The summed E-state index contributed by atoms with van der Waals surface area (Å²) in [4.78, 5) is 33.9. The van der Waals surface area contributed by atoms with E-state index in [1.54, 1.807) is 29.5 Å². The largest absolute Gasteiger partial charge is 0.324 e. The molecule has 0 aliphatic heterocycles. The highest BCUT2D eigenvalue weighted by Gasteiger charge is 2.14. The number of aromatic nitrogens is 2. The van der Waals surface area contributed by atoms with Crippen LogP contribution >= 0.6 is 57.6 Å². The molecule has 10 heteroatoms. The number of aromatic amines is 1. The number of H-pyrrole nitrogens is 1. The highest BCUT2D eigenvalue weighted by molar-refractivity contribution is 7.99. The average Bonchev–Trinajstić information content (AvgIpc) is 3.33. The minimum Gasteiger partial charge on any atom is -0.324 e. The molecule has 0 unspecified atom stereocenters. The number of thiophene rings is 2. The highest BCUT2D eigenvalue weighted by atomic mass is 35.5. The number of halogens is 2. The van der Waals surface area contributed by atoms with Gasteiger partial charge >= 0.3 is 0 Å². The Bertz CT molecular complexity index is 1240. The van der Waals surface area contributed by atoms with Crippen LogP contribution in [0.5, 0.6) is 0 Å². The fourth-order valence-corrected chi connectivity index (χ4v) is 5.62. The van der Waals surface area contributed by atoms with Gasteiger partial charge in [-0.3, -0.25) is 9.59 Å². The third kappa shape index (κ3) is 4.67. The summed E-state index contributed by atoms with van der Waals surface area (Å²) in [5.74, 6) is 0.966. The number of benzene rings is 1. The second-order valence-electron chi connectivity index (χ2n) is 5.98. The summed E-state index contributed by atoms with van der Waals surface area (Å²) >= 11 is 16.3. The maximum absolute atomic E-state index is 12.6.